The molecule has 0 aliphatic carbocycles. The molecule has 174 valence electrons. The Morgan fingerprint density at radius 2 is 2.00 bits per heavy atom. The van der Waals surface area contributed by atoms with Gasteiger partial charge in [0.25, 0.3) is 11.8 Å². The maximum absolute atomic E-state index is 13.3. The lowest BCUT2D eigenvalue weighted by Gasteiger charge is -2.25. The zero-order valence-corrected chi connectivity index (χ0v) is 19.3. The summed E-state index contributed by atoms with van der Waals surface area (Å²) in [4.78, 5) is 43.4. The molecule has 0 radical (unpaired) electrons. The number of methoxy groups -OCH3 is 1. The molecule has 4 amide bonds. The lowest BCUT2D eigenvalue weighted by Crippen LogP contribution is -2.41. The molecule has 2 saturated heterocycles. The molecule has 2 aliphatic heterocycles. The number of carbonyl (C=O) groups is 3. The van der Waals surface area contributed by atoms with Crippen molar-refractivity contribution in [2.75, 3.05) is 25.6 Å². The van der Waals surface area contributed by atoms with Gasteiger partial charge in [0.2, 0.25) is 0 Å². The Bertz CT molecular complexity index is 1090. The molecule has 3 atom stereocenters. The number of likely N-dealkylation sites (tertiary alicyclic amines) is 1. The van der Waals surface area contributed by atoms with Gasteiger partial charge in [0, 0.05) is 31.5 Å². The molecule has 9 heteroatoms. The minimum absolute atomic E-state index is 0.0542. The van der Waals surface area contributed by atoms with Gasteiger partial charge in [-0.05, 0) is 56.0 Å². The Kier molecular flexibility index (Phi) is 6.07. The van der Waals surface area contributed by atoms with E-state index in [0.29, 0.717) is 24.3 Å². The third-order valence-electron chi connectivity index (χ3n) is 6.34. The lowest BCUT2D eigenvalue weighted by atomic mass is 9.91. The molecule has 4 rings (SSSR count). The number of hydrogen-bond acceptors (Lipinski definition) is 6. The van der Waals surface area contributed by atoms with E-state index in [1.54, 1.807) is 38.3 Å². The largest absolute Gasteiger partial charge is 0.383 e. The van der Waals surface area contributed by atoms with Crippen molar-refractivity contribution in [2.24, 2.45) is 0 Å². The highest BCUT2D eigenvalue weighted by molar-refractivity contribution is 6.07. The number of carbonyl (C=O) groups excluding carboxylic acids is 3. The minimum Gasteiger partial charge on any atom is -0.383 e. The summed E-state index contributed by atoms with van der Waals surface area (Å²) in [5.41, 5.74) is 2.13. The molecule has 9 nitrogen and oxygen atoms in total. The van der Waals surface area contributed by atoms with Gasteiger partial charge < -0.3 is 20.3 Å². The molecule has 0 bridgehead atoms. The van der Waals surface area contributed by atoms with Crippen LogP contribution in [0.4, 0.5) is 10.6 Å². The van der Waals surface area contributed by atoms with Gasteiger partial charge >= 0.3 is 6.03 Å². The van der Waals surface area contributed by atoms with Crippen molar-refractivity contribution in [1.82, 2.24) is 20.5 Å². The monoisotopic (exact) mass is 451 g/mol. The van der Waals surface area contributed by atoms with E-state index in [-0.39, 0.29) is 18.0 Å². The molecule has 0 saturated carbocycles. The highest BCUT2D eigenvalue weighted by Crippen LogP contribution is 2.27. The van der Waals surface area contributed by atoms with Gasteiger partial charge in [-0.25, -0.2) is 9.78 Å². The van der Waals surface area contributed by atoms with Crippen molar-refractivity contribution in [3.8, 4) is 0 Å². The van der Waals surface area contributed by atoms with E-state index in [9.17, 15) is 14.4 Å². The zero-order valence-electron chi connectivity index (χ0n) is 19.3. The third kappa shape index (κ3) is 4.41. The number of hydrogen-bond donors (Lipinski definition) is 3. The third-order valence-corrected chi connectivity index (χ3v) is 6.34. The van der Waals surface area contributed by atoms with E-state index in [1.165, 1.54) is 0 Å². The second kappa shape index (κ2) is 8.82. The minimum atomic E-state index is -1.15. The number of nitrogens with zero attached hydrogens (tertiary/aromatic N) is 2. The first-order chi connectivity index (χ1) is 15.7. The van der Waals surface area contributed by atoms with Gasteiger partial charge in [0.15, 0.2) is 0 Å². The molecule has 2 aromatic rings. The Labute approximate surface area is 192 Å². The standard InChI is InChI=1S/C24H29N5O4/c1-14-9-15(2)20(25-11-14)26-18-10-19(13-33-4)29(12-18)21(30)16-5-7-17(8-6-16)24(3)22(31)27-23(32)28-24/h5-9,11,18-19H,10,12-13H2,1-4H3,(H,25,26)(H2,27,28,31,32)/t18-,19-,24?/m0/s1. The van der Waals surface area contributed by atoms with E-state index >= 15 is 0 Å². The lowest BCUT2D eigenvalue weighted by molar-refractivity contribution is -0.123. The number of rotatable bonds is 6. The summed E-state index contributed by atoms with van der Waals surface area (Å²) >= 11 is 0. The Morgan fingerprint density at radius 3 is 2.61 bits per heavy atom. The summed E-state index contributed by atoms with van der Waals surface area (Å²) in [6, 6.07) is 8.33. The Morgan fingerprint density at radius 1 is 1.27 bits per heavy atom. The molecule has 33 heavy (non-hydrogen) atoms. The normalized spacial score (nSPS) is 24.5. The smallest absolute Gasteiger partial charge is 0.322 e. The van der Waals surface area contributed by atoms with Crippen LogP contribution < -0.4 is 16.0 Å². The van der Waals surface area contributed by atoms with Crippen molar-refractivity contribution < 1.29 is 19.1 Å². The SMILES string of the molecule is COC[C@@H]1C[C@H](Nc2ncc(C)cc2C)CN1C(=O)c1ccc(C2(C)NC(=O)NC2=O)cc1. The van der Waals surface area contributed by atoms with Crippen molar-refractivity contribution >= 4 is 23.7 Å². The first-order valence-corrected chi connectivity index (χ1v) is 10.9. The molecule has 2 fully saturated rings. The van der Waals surface area contributed by atoms with Crippen LogP contribution in [0.5, 0.6) is 0 Å². The average molecular weight is 452 g/mol. The molecule has 1 unspecified atom stereocenters. The predicted octanol–water partition coefficient (Wildman–Crippen LogP) is 2.09. The van der Waals surface area contributed by atoms with Gasteiger partial charge in [-0.1, -0.05) is 18.2 Å². The molecule has 2 aliphatic rings. The first kappa shape index (κ1) is 22.7. The van der Waals surface area contributed by atoms with E-state index in [4.69, 9.17) is 4.74 Å². The van der Waals surface area contributed by atoms with Gasteiger partial charge in [-0.15, -0.1) is 0 Å². The van der Waals surface area contributed by atoms with Gasteiger partial charge in [0.05, 0.1) is 12.6 Å². The predicted molar refractivity (Wildman–Crippen MR) is 123 cm³/mol. The van der Waals surface area contributed by atoms with Crippen molar-refractivity contribution in [1.29, 1.82) is 0 Å². The number of nitrogens with one attached hydrogen (secondary N) is 3. The van der Waals surface area contributed by atoms with Crippen molar-refractivity contribution in [3.63, 3.8) is 0 Å². The fourth-order valence-corrected chi connectivity index (χ4v) is 4.54. The van der Waals surface area contributed by atoms with Crippen LogP contribution in [0.15, 0.2) is 36.5 Å². The van der Waals surface area contributed by atoms with E-state index in [2.05, 4.69) is 27.0 Å². The van der Waals surface area contributed by atoms with Crippen molar-refractivity contribution in [2.45, 2.75) is 44.8 Å². The van der Waals surface area contributed by atoms with E-state index in [0.717, 1.165) is 23.4 Å². The Hall–Kier alpha value is -3.46. The number of urea groups is 1. The maximum atomic E-state index is 13.3. The number of anilines is 1. The van der Waals surface area contributed by atoms with Crippen LogP contribution in [0.1, 0.15) is 40.4 Å². The van der Waals surface area contributed by atoms with Gasteiger partial charge in [-0.3, -0.25) is 14.9 Å². The summed E-state index contributed by atoms with van der Waals surface area (Å²) in [6.07, 6.45) is 2.58. The topological polar surface area (TPSA) is 113 Å². The molecule has 3 N–H and O–H groups in total. The molecular formula is C24H29N5O4. The molecule has 0 spiro atoms. The van der Waals surface area contributed by atoms with Crippen molar-refractivity contribution in [3.05, 3.63) is 58.8 Å². The van der Waals surface area contributed by atoms with Crippen LogP contribution in [0.2, 0.25) is 0 Å². The number of pyridine rings is 1. The van der Waals surface area contributed by atoms with E-state index < -0.39 is 17.5 Å². The van der Waals surface area contributed by atoms with Crippen LogP contribution in [-0.4, -0.2) is 60.1 Å². The summed E-state index contributed by atoms with van der Waals surface area (Å²) < 4.78 is 5.38. The fourth-order valence-electron chi connectivity index (χ4n) is 4.54. The number of ether oxygens (including phenoxy) is 1. The quantitative estimate of drug-likeness (QED) is 0.580. The molecule has 3 heterocycles. The van der Waals surface area contributed by atoms with Gasteiger partial charge in [0.1, 0.15) is 11.4 Å². The number of aromatic nitrogens is 1. The average Bonchev–Trinajstić information content (AvgIpc) is 3.29. The van der Waals surface area contributed by atoms with Crippen LogP contribution >= 0.6 is 0 Å². The fraction of sp³-hybridized carbons (Fsp3) is 0.417. The zero-order chi connectivity index (χ0) is 23.8. The summed E-state index contributed by atoms with van der Waals surface area (Å²) in [5.74, 6) is 0.303. The first-order valence-electron chi connectivity index (χ1n) is 10.9. The Balaban J connectivity index is 1.50. The molecule has 1 aromatic heterocycles. The van der Waals surface area contributed by atoms with Crippen LogP contribution in [0.25, 0.3) is 0 Å². The van der Waals surface area contributed by atoms with E-state index in [1.807, 2.05) is 24.9 Å². The number of aryl methyl sites for hydroxylation is 2. The second-order valence-electron chi connectivity index (χ2n) is 8.93. The van der Waals surface area contributed by atoms with Gasteiger partial charge in [-0.2, -0.15) is 0 Å². The summed E-state index contributed by atoms with van der Waals surface area (Å²) in [6.45, 7) is 6.62. The van der Waals surface area contributed by atoms with Crippen LogP contribution in [0.3, 0.4) is 0 Å². The van der Waals surface area contributed by atoms with Crippen LogP contribution in [-0.2, 0) is 15.1 Å². The highest BCUT2D eigenvalue weighted by Gasteiger charge is 2.43. The van der Waals surface area contributed by atoms with Crippen LogP contribution in [0, 0.1) is 13.8 Å². The number of benzene rings is 1. The highest BCUT2D eigenvalue weighted by atomic mass is 16.5. The second-order valence-corrected chi connectivity index (χ2v) is 8.93. The summed E-state index contributed by atoms with van der Waals surface area (Å²) in [5, 5.41) is 8.36. The summed E-state index contributed by atoms with van der Waals surface area (Å²) in [7, 11) is 1.63. The number of amides is 4. The number of imide groups is 1. The molecule has 1 aromatic carbocycles. The maximum Gasteiger partial charge on any atom is 0.322 e. The molecular weight excluding hydrogens is 422 g/mol.